The first-order valence-corrected chi connectivity index (χ1v) is 6.86. The van der Waals surface area contributed by atoms with Crippen molar-refractivity contribution in [2.24, 2.45) is 0 Å². The summed E-state index contributed by atoms with van der Waals surface area (Å²) >= 11 is 3.23. The molecule has 0 amide bonds. The van der Waals surface area contributed by atoms with Gasteiger partial charge in [0.1, 0.15) is 11.8 Å². The van der Waals surface area contributed by atoms with Crippen LogP contribution in [0.15, 0.2) is 53.0 Å². The molecule has 0 saturated carbocycles. The van der Waals surface area contributed by atoms with Gasteiger partial charge >= 0.3 is 5.97 Å². The number of nitrogens with one attached hydrogen (secondary N) is 1. The van der Waals surface area contributed by atoms with Gasteiger partial charge in [0, 0.05) is 6.54 Å². The van der Waals surface area contributed by atoms with Crippen LogP contribution in [0.1, 0.15) is 17.2 Å². The average Bonchev–Trinajstić information content (AvgIpc) is 2.44. The zero-order chi connectivity index (χ0) is 14.5. The van der Waals surface area contributed by atoms with Gasteiger partial charge in [-0.3, -0.25) is 10.1 Å². The SMILES string of the molecule is O=C(O)C(NCc1ccc(O)c(Br)c1)c1ccccc1. The molecule has 0 aliphatic heterocycles. The first kappa shape index (κ1) is 14.6. The van der Waals surface area contributed by atoms with E-state index in [1.807, 2.05) is 18.2 Å². The second-order valence-corrected chi connectivity index (χ2v) is 5.20. The Bertz CT molecular complexity index is 601. The summed E-state index contributed by atoms with van der Waals surface area (Å²) in [6.45, 7) is 0.394. The number of benzene rings is 2. The molecule has 0 bridgehead atoms. The van der Waals surface area contributed by atoms with Gasteiger partial charge in [-0.1, -0.05) is 36.4 Å². The smallest absolute Gasteiger partial charge is 0.325 e. The average molecular weight is 336 g/mol. The van der Waals surface area contributed by atoms with E-state index >= 15 is 0 Å². The lowest BCUT2D eigenvalue weighted by atomic mass is 10.1. The Balaban J connectivity index is 2.10. The van der Waals surface area contributed by atoms with Crippen LogP contribution in [0.5, 0.6) is 5.75 Å². The highest BCUT2D eigenvalue weighted by Crippen LogP contribution is 2.24. The van der Waals surface area contributed by atoms with Crippen molar-refractivity contribution < 1.29 is 15.0 Å². The van der Waals surface area contributed by atoms with E-state index < -0.39 is 12.0 Å². The third-order valence-electron chi connectivity index (χ3n) is 2.90. The van der Waals surface area contributed by atoms with Gasteiger partial charge in [0.15, 0.2) is 0 Å². The number of halogens is 1. The van der Waals surface area contributed by atoms with E-state index in [2.05, 4.69) is 21.2 Å². The molecule has 2 aromatic carbocycles. The molecule has 2 aromatic rings. The second-order valence-electron chi connectivity index (χ2n) is 4.35. The molecule has 2 rings (SSSR count). The Morgan fingerprint density at radius 1 is 1.20 bits per heavy atom. The summed E-state index contributed by atoms with van der Waals surface area (Å²) in [5.74, 6) is -0.763. The summed E-state index contributed by atoms with van der Waals surface area (Å²) in [7, 11) is 0. The fourth-order valence-corrected chi connectivity index (χ4v) is 2.30. The number of hydrogen-bond acceptors (Lipinski definition) is 3. The second kappa shape index (κ2) is 6.54. The number of phenols is 1. The quantitative estimate of drug-likeness (QED) is 0.785. The van der Waals surface area contributed by atoms with Crippen molar-refractivity contribution in [2.45, 2.75) is 12.6 Å². The maximum absolute atomic E-state index is 11.3. The van der Waals surface area contributed by atoms with Crippen LogP contribution in [0.2, 0.25) is 0 Å². The van der Waals surface area contributed by atoms with E-state index in [4.69, 9.17) is 0 Å². The highest BCUT2D eigenvalue weighted by Gasteiger charge is 2.18. The fourth-order valence-electron chi connectivity index (χ4n) is 1.87. The molecule has 4 nitrogen and oxygen atoms in total. The number of carboxylic acid groups (broad SMARTS) is 1. The standard InChI is InChI=1S/C15H14BrNO3/c16-12-8-10(6-7-13(12)18)9-17-14(15(19)20)11-4-2-1-3-5-11/h1-8,14,17-18H,9H2,(H,19,20). The molecule has 5 heteroatoms. The number of rotatable bonds is 5. The van der Waals surface area contributed by atoms with Crippen molar-refractivity contribution in [3.05, 3.63) is 64.1 Å². The van der Waals surface area contributed by atoms with Crippen LogP contribution >= 0.6 is 15.9 Å². The van der Waals surface area contributed by atoms with Crippen LogP contribution < -0.4 is 5.32 Å². The lowest BCUT2D eigenvalue weighted by molar-refractivity contribution is -0.139. The third-order valence-corrected chi connectivity index (χ3v) is 3.54. The lowest BCUT2D eigenvalue weighted by Crippen LogP contribution is -2.28. The number of aromatic hydroxyl groups is 1. The van der Waals surface area contributed by atoms with Gasteiger partial charge in [0.2, 0.25) is 0 Å². The Morgan fingerprint density at radius 3 is 2.50 bits per heavy atom. The van der Waals surface area contributed by atoms with Crippen LogP contribution in [-0.2, 0) is 11.3 Å². The molecular weight excluding hydrogens is 322 g/mol. The molecule has 0 saturated heterocycles. The van der Waals surface area contributed by atoms with Gasteiger partial charge in [-0.15, -0.1) is 0 Å². The van der Waals surface area contributed by atoms with Gasteiger partial charge in [-0.25, -0.2) is 0 Å². The Hall–Kier alpha value is -1.85. The Labute approximate surface area is 125 Å². The molecule has 3 N–H and O–H groups in total. The van der Waals surface area contributed by atoms with Gasteiger partial charge in [-0.05, 0) is 39.2 Å². The van der Waals surface area contributed by atoms with Crippen molar-refractivity contribution in [1.29, 1.82) is 0 Å². The first-order valence-electron chi connectivity index (χ1n) is 6.06. The van der Waals surface area contributed by atoms with Crippen molar-refractivity contribution in [1.82, 2.24) is 5.32 Å². The van der Waals surface area contributed by atoms with E-state index in [0.29, 0.717) is 16.6 Å². The zero-order valence-electron chi connectivity index (χ0n) is 10.6. The first-order chi connectivity index (χ1) is 9.58. The minimum atomic E-state index is -0.922. The maximum Gasteiger partial charge on any atom is 0.325 e. The van der Waals surface area contributed by atoms with E-state index in [9.17, 15) is 15.0 Å². The van der Waals surface area contributed by atoms with Crippen LogP contribution in [0.3, 0.4) is 0 Å². The molecule has 0 radical (unpaired) electrons. The van der Waals surface area contributed by atoms with Gasteiger partial charge < -0.3 is 10.2 Å². The van der Waals surface area contributed by atoms with E-state index in [0.717, 1.165) is 5.56 Å². The zero-order valence-corrected chi connectivity index (χ0v) is 12.2. The molecule has 0 aromatic heterocycles. The molecule has 1 unspecified atom stereocenters. The number of hydrogen-bond donors (Lipinski definition) is 3. The monoisotopic (exact) mass is 335 g/mol. The lowest BCUT2D eigenvalue weighted by Gasteiger charge is -2.15. The molecule has 0 fully saturated rings. The topological polar surface area (TPSA) is 69.6 Å². The van der Waals surface area contributed by atoms with Gasteiger partial charge in [0.05, 0.1) is 4.47 Å². The minimum absolute atomic E-state index is 0.159. The highest BCUT2D eigenvalue weighted by molar-refractivity contribution is 9.10. The molecule has 20 heavy (non-hydrogen) atoms. The fraction of sp³-hybridized carbons (Fsp3) is 0.133. The minimum Gasteiger partial charge on any atom is -0.507 e. The van der Waals surface area contributed by atoms with Gasteiger partial charge in [-0.2, -0.15) is 0 Å². The summed E-state index contributed by atoms with van der Waals surface area (Å²) in [6.07, 6.45) is 0. The summed E-state index contributed by atoms with van der Waals surface area (Å²) in [5.41, 5.74) is 1.59. The van der Waals surface area contributed by atoms with Crippen LogP contribution in [0, 0.1) is 0 Å². The Kier molecular flexibility index (Phi) is 4.76. The Morgan fingerprint density at radius 2 is 1.90 bits per heavy atom. The summed E-state index contributed by atoms with van der Waals surface area (Å²) in [6, 6.07) is 13.3. The molecule has 0 aliphatic rings. The largest absolute Gasteiger partial charge is 0.507 e. The third kappa shape index (κ3) is 3.59. The van der Waals surface area contributed by atoms with E-state index in [1.54, 1.807) is 30.3 Å². The number of carboxylic acids is 1. The molecule has 0 spiro atoms. The maximum atomic E-state index is 11.3. The van der Waals surface area contributed by atoms with Crippen molar-refractivity contribution in [3.63, 3.8) is 0 Å². The van der Waals surface area contributed by atoms with Crippen LogP contribution in [0.4, 0.5) is 0 Å². The molecule has 1 atom stereocenters. The van der Waals surface area contributed by atoms with E-state index in [1.165, 1.54) is 0 Å². The highest BCUT2D eigenvalue weighted by atomic mass is 79.9. The predicted octanol–water partition coefficient (Wildman–Crippen LogP) is 3.07. The van der Waals surface area contributed by atoms with E-state index in [-0.39, 0.29) is 5.75 Å². The normalized spacial score (nSPS) is 12.1. The van der Waals surface area contributed by atoms with Gasteiger partial charge in [0.25, 0.3) is 0 Å². The van der Waals surface area contributed by atoms with Crippen molar-refractivity contribution in [3.8, 4) is 5.75 Å². The number of carbonyl (C=O) groups is 1. The predicted molar refractivity (Wildman–Crippen MR) is 79.5 cm³/mol. The summed E-state index contributed by atoms with van der Waals surface area (Å²) in [4.78, 5) is 11.3. The van der Waals surface area contributed by atoms with Crippen molar-refractivity contribution >= 4 is 21.9 Å². The molecule has 0 heterocycles. The number of phenolic OH excluding ortho intramolecular Hbond substituents is 1. The number of aliphatic carboxylic acids is 1. The molecule has 104 valence electrons. The van der Waals surface area contributed by atoms with Crippen molar-refractivity contribution in [2.75, 3.05) is 0 Å². The van der Waals surface area contributed by atoms with Crippen LogP contribution in [-0.4, -0.2) is 16.2 Å². The molecule has 0 aliphatic carbocycles. The summed E-state index contributed by atoms with van der Waals surface area (Å²) in [5, 5.41) is 21.7. The van der Waals surface area contributed by atoms with Crippen LogP contribution in [0.25, 0.3) is 0 Å². The summed E-state index contributed by atoms with van der Waals surface area (Å²) < 4.78 is 0.586. The molecular formula is C15H14BrNO3.